The van der Waals surface area contributed by atoms with E-state index in [1.165, 1.54) is 54.7 Å². The molecule has 3 N–H and O–H groups in total. The number of rotatable bonds is 5. The standard InChI is InChI=1S/C19H14FN3O3/c20-14-5-8-16(9-6-14)26-17-10-7-15(11-22-17)23-19(25)13-3-1-12(2-4-13)18(21)24/h1-11H,(H2,21,24)(H,23,25). The summed E-state index contributed by atoms with van der Waals surface area (Å²) in [5, 5.41) is 2.68. The Morgan fingerprint density at radius 1 is 0.923 bits per heavy atom. The number of hydrogen-bond acceptors (Lipinski definition) is 4. The Labute approximate surface area is 148 Å². The van der Waals surface area contributed by atoms with E-state index in [1.54, 1.807) is 12.1 Å². The molecule has 2 amide bonds. The van der Waals surface area contributed by atoms with Crippen molar-refractivity contribution in [2.45, 2.75) is 0 Å². The highest BCUT2D eigenvalue weighted by molar-refractivity contribution is 6.04. The minimum Gasteiger partial charge on any atom is -0.439 e. The summed E-state index contributed by atoms with van der Waals surface area (Å²) in [5.41, 5.74) is 6.34. The molecular formula is C19H14FN3O3. The predicted octanol–water partition coefficient (Wildman–Crippen LogP) is 3.36. The van der Waals surface area contributed by atoms with Crippen molar-refractivity contribution < 1.29 is 18.7 Å². The fourth-order valence-electron chi connectivity index (χ4n) is 2.13. The van der Waals surface area contributed by atoms with E-state index in [-0.39, 0.29) is 11.7 Å². The van der Waals surface area contributed by atoms with E-state index in [0.29, 0.717) is 28.4 Å². The number of ether oxygens (including phenoxy) is 1. The van der Waals surface area contributed by atoms with Gasteiger partial charge in [0.1, 0.15) is 11.6 Å². The molecule has 0 saturated carbocycles. The van der Waals surface area contributed by atoms with Gasteiger partial charge in [0, 0.05) is 17.2 Å². The summed E-state index contributed by atoms with van der Waals surface area (Å²) in [6, 6.07) is 14.7. The maximum absolute atomic E-state index is 12.9. The van der Waals surface area contributed by atoms with Gasteiger partial charge in [0.2, 0.25) is 11.8 Å². The first-order valence-electron chi connectivity index (χ1n) is 7.62. The van der Waals surface area contributed by atoms with Crippen molar-refractivity contribution in [2.75, 3.05) is 5.32 Å². The summed E-state index contributed by atoms with van der Waals surface area (Å²) >= 11 is 0. The average molecular weight is 351 g/mol. The molecule has 0 aliphatic rings. The van der Waals surface area contributed by atoms with Crippen molar-refractivity contribution in [3.63, 3.8) is 0 Å². The van der Waals surface area contributed by atoms with Crippen LogP contribution in [0.2, 0.25) is 0 Å². The van der Waals surface area contributed by atoms with E-state index in [4.69, 9.17) is 10.5 Å². The smallest absolute Gasteiger partial charge is 0.255 e. The molecule has 0 atom stereocenters. The maximum atomic E-state index is 12.9. The number of pyridine rings is 1. The van der Waals surface area contributed by atoms with Crippen LogP contribution >= 0.6 is 0 Å². The molecule has 1 aromatic heterocycles. The summed E-state index contributed by atoms with van der Waals surface area (Å²) in [5.74, 6) is -0.509. The van der Waals surface area contributed by atoms with E-state index in [2.05, 4.69) is 10.3 Å². The number of primary amides is 1. The second-order valence-corrected chi connectivity index (χ2v) is 5.34. The third kappa shape index (κ3) is 4.21. The average Bonchev–Trinajstić information content (AvgIpc) is 2.65. The van der Waals surface area contributed by atoms with Gasteiger partial charge in [-0.1, -0.05) is 0 Å². The number of carbonyl (C=O) groups is 2. The number of amides is 2. The minimum absolute atomic E-state index is 0.306. The van der Waals surface area contributed by atoms with E-state index in [9.17, 15) is 14.0 Å². The molecule has 0 saturated heterocycles. The number of hydrogen-bond donors (Lipinski definition) is 2. The molecule has 0 aliphatic heterocycles. The lowest BCUT2D eigenvalue weighted by molar-refractivity contribution is 0.0995. The Hall–Kier alpha value is -3.74. The highest BCUT2D eigenvalue weighted by atomic mass is 19.1. The normalized spacial score (nSPS) is 10.2. The second-order valence-electron chi connectivity index (χ2n) is 5.34. The summed E-state index contributed by atoms with van der Waals surface area (Å²) in [6.07, 6.45) is 1.44. The molecule has 0 radical (unpaired) electrons. The van der Waals surface area contributed by atoms with Gasteiger partial charge in [0.15, 0.2) is 0 Å². The molecule has 1 heterocycles. The van der Waals surface area contributed by atoms with Crippen LogP contribution < -0.4 is 15.8 Å². The first-order valence-corrected chi connectivity index (χ1v) is 7.62. The van der Waals surface area contributed by atoms with Gasteiger partial charge in [-0.15, -0.1) is 0 Å². The quantitative estimate of drug-likeness (QED) is 0.737. The van der Waals surface area contributed by atoms with Crippen LogP contribution in [0.15, 0.2) is 66.9 Å². The topological polar surface area (TPSA) is 94.3 Å². The fourth-order valence-corrected chi connectivity index (χ4v) is 2.13. The maximum Gasteiger partial charge on any atom is 0.255 e. The van der Waals surface area contributed by atoms with Gasteiger partial charge in [0.25, 0.3) is 5.91 Å². The molecule has 0 aliphatic carbocycles. The molecule has 6 nitrogen and oxygen atoms in total. The summed E-state index contributed by atoms with van der Waals surface area (Å²) < 4.78 is 18.3. The van der Waals surface area contributed by atoms with Crippen molar-refractivity contribution in [3.05, 3.63) is 83.8 Å². The molecule has 0 bridgehead atoms. The number of aromatic nitrogens is 1. The Balaban J connectivity index is 1.64. The number of halogens is 1. The molecule has 26 heavy (non-hydrogen) atoms. The van der Waals surface area contributed by atoms with E-state index in [1.807, 2.05) is 0 Å². The zero-order valence-electron chi connectivity index (χ0n) is 13.5. The molecule has 0 unspecified atom stereocenters. The Morgan fingerprint density at radius 3 is 2.15 bits per heavy atom. The number of nitrogens with one attached hydrogen (secondary N) is 1. The molecular weight excluding hydrogens is 337 g/mol. The molecule has 2 aromatic carbocycles. The van der Waals surface area contributed by atoms with E-state index < -0.39 is 5.91 Å². The highest BCUT2D eigenvalue weighted by Gasteiger charge is 2.08. The van der Waals surface area contributed by atoms with Gasteiger partial charge in [-0.05, 0) is 54.6 Å². The van der Waals surface area contributed by atoms with Crippen LogP contribution in [-0.4, -0.2) is 16.8 Å². The number of benzene rings is 2. The van der Waals surface area contributed by atoms with E-state index in [0.717, 1.165) is 0 Å². The first-order chi connectivity index (χ1) is 12.5. The molecule has 7 heteroatoms. The van der Waals surface area contributed by atoms with Crippen LogP contribution in [0.25, 0.3) is 0 Å². The van der Waals surface area contributed by atoms with Crippen molar-refractivity contribution in [3.8, 4) is 11.6 Å². The molecule has 0 spiro atoms. The summed E-state index contributed by atoms with van der Waals surface area (Å²) in [7, 11) is 0. The SMILES string of the molecule is NC(=O)c1ccc(C(=O)Nc2ccc(Oc3ccc(F)cc3)nc2)cc1. The third-order valence-corrected chi connectivity index (χ3v) is 3.46. The van der Waals surface area contributed by atoms with Crippen molar-refractivity contribution in [1.29, 1.82) is 0 Å². The predicted molar refractivity (Wildman–Crippen MR) is 93.6 cm³/mol. The van der Waals surface area contributed by atoms with Crippen molar-refractivity contribution in [1.82, 2.24) is 4.98 Å². The minimum atomic E-state index is -0.557. The lowest BCUT2D eigenvalue weighted by Gasteiger charge is -2.07. The Kier molecular flexibility index (Phi) is 4.89. The van der Waals surface area contributed by atoms with E-state index >= 15 is 0 Å². The monoisotopic (exact) mass is 351 g/mol. The van der Waals surface area contributed by atoms with Gasteiger partial charge in [-0.2, -0.15) is 0 Å². The Bertz CT molecular complexity index is 924. The molecule has 130 valence electrons. The lowest BCUT2D eigenvalue weighted by Crippen LogP contribution is -2.14. The van der Waals surface area contributed by atoms with Crippen LogP contribution in [0, 0.1) is 5.82 Å². The molecule has 0 fully saturated rings. The van der Waals surface area contributed by atoms with Gasteiger partial charge >= 0.3 is 0 Å². The van der Waals surface area contributed by atoms with Gasteiger partial charge in [0.05, 0.1) is 11.9 Å². The highest BCUT2D eigenvalue weighted by Crippen LogP contribution is 2.21. The zero-order valence-corrected chi connectivity index (χ0v) is 13.5. The van der Waals surface area contributed by atoms with Gasteiger partial charge in [-0.25, -0.2) is 9.37 Å². The largest absolute Gasteiger partial charge is 0.439 e. The van der Waals surface area contributed by atoms with Crippen LogP contribution in [0.4, 0.5) is 10.1 Å². The zero-order chi connectivity index (χ0) is 18.5. The van der Waals surface area contributed by atoms with Crippen LogP contribution in [0.5, 0.6) is 11.6 Å². The molecule has 3 rings (SSSR count). The number of nitrogens with zero attached hydrogens (tertiary/aromatic N) is 1. The number of carbonyl (C=O) groups excluding carboxylic acids is 2. The van der Waals surface area contributed by atoms with Gasteiger partial charge in [-0.3, -0.25) is 9.59 Å². The van der Waals surface area contributed by atoms with Gasteiger partial charge < -0.3 is 15.8 Å². The summed E-state index contributed by atoms with van der Waals surface area (Å²) in [4.78, 5) is 27.3. The number of nitrogens with two attached hydrogens (primary N) is 1. The lowest BCUT2D eigenvalue weighted by atomic mass is 10.1. The van der Waals surface area contributed by atoms with Crippen LogP contribution in [0.1, 0.15) is 20.7 Å². The van der Waals surface area contributed by atoms with Crippen molar-refractivity contribution in [2.24, 2.45) is 5.73 Å². The van der Waals surface area contributed by atoms with Crippen molar-refractivity contribution >= 4 is 17.5 Å². The number of anilines is 1. The Morgan fingerprint density at radius 2 is 1.58 bits per heavy atom. The first kappa shape index (κ1) is 17.1. The third-order valence-electron chi connectivity index (χ3n) is 3.46. The second kappa shape index (κ2) is 7.43. The fraction of sp³-hybridized carbons (Fsp3) is 0. The molecule has 3 aromatic rings. The van der Waals surface area contributed by atoms with Crippen LogP contribution in [0.3, 0.4) is 0 Å². The summed E-state index contributed by atoms with van der Waals surface area (Å²) in [6.45, 7) is 0. The van der Waals surface area contributed by atoms with Crippen LogP contribution in [-0.2, 0) is 0 Å².